The smallest absolute Gasteiger partial charge is 0.0924 e. The Kier molecular flexibility index (Phi) is 8.99. The maximum Gasteiger partial charge on any atom is 0.0924 e. The minimum Gasteiger partial charge on any atom is -0.302 e. The van der Waals surface area contributed by atoms with Crippen LogP contribution in [0, 0.1) is 11.3 Å². The van der Waals surface area contributed by atoms with E-state index in [1.165, 1.54) is 0 Å². The van der Waals surface area contributed by atoms with Gasteiger partial charge in [-0.15, -0.1) is 12.4 Å². The van der Waals surface area contributed by atoms with Crippen molar-refractivity contribution >= 4 is 12.4 Å². The number of nitrogens with one attached hydrogen (secondary N) is 1. The molecule has 0 amide bonds. The normalized spacial score (nSPS) is 11.1. The van der Waals surface area contributed by atoms with Gasteiger partial charge in [-0.25, -0.2) is 0 Å². The molecule has 0 aliphatic heterocycles. The molecule has 0 spiro atoms. The molecular formula is C5H11ClN2. The molecular weight excluding hydrogens is 124 g/mol. The van der Waals surface area contributed by atoms with Gasteiger partial charge in [0.25, 0.3) is 0 Å². The van der Waals surface area contributed by atoms with Crippen LogP contribution in [0.2, 0.25) is 0 Å². The maximum atomic E-state index is 8.15. The van der Waals surface area contributed by atoms with Crippen molar-refractivity contribution < 1.29 is 0 Å². The second-order valence-electron chi connectivity index (χ2n) is 1.41. The van der Waals surface area contributed by atoms with E-state index in [1.54, 1.807) is 0 Å². The third kappa shape index (κ3) is 5.74. The van der Waals surface area contributed by atoms with Crippen molar-refractivity contribution in [1.82, 2.24) is 5.32 Å². The Balaban J connectivity index is 0. The van der Waals surface area contributed by atoms with Crippen molar-refractivity contribution in [2.24, 2.45) is 0 Å². The lowest BCUT2D eigenvalue weighted by Crippen LogP contribution is -2.23. The SMILES string of the molecule is CCNC(C)C#N.Cl. The fourth-order valence-electron chi connectivity index (χ4n) is 0.352. The number of rotatable bonds is 2. The number of hydrogen-bond donors (Lipinski definition) is 1. The third-order valence-electron chi connectivity index (χ3n) is 0.704. The molecule has 0 radical (unpaired) electrons. The maximum absolute atomic E-state index is 8.15. The van der Waals surface area contributed by atoms with Gasteiger partial charge < -0.3 is 5.32 Å². The molecule has 0 saturated heterocycles. The van der Waals surface area contributed by atoms with Crippen LogP contribution in [0.5, 0.6) is 0 Å². The highest BCUT2D eigenvalue weighted by Crippen LogP contribution is 1.71. The Hall–Kier alpha value is -0.260. The first-order chi connectivity index (χ1) is 3.31. The van der Waals surface area contributed by atoms with E-state index >= 15 is 0 Å². The molecule has 1 unspecified atom stereocenters. The summed E-state index contributed by atoms with van der Waals surface area (Å²) in [6.07, 6.45) is 0. The van der Waals surface area contributed by atoms with Gasteiger partial charge in [-0.2, -0.15) is 5.26 Å². The molecule has 3 heteroatoms. The van der Waals surface area contributed by atoms with Gasteiger partial charge in [-0.1, -0.05) is 6.92 Å². The van der Waals surface area contributed by atoms with Crippen molar-refractivity contribution in [3.05, 3.63) is 0 Å². The van der Waals surface area contributed by atoms with Gasteiger partial charge in [0, 0.05) is 0 Å². The Morgan fingerprint density at radius 3 is 2.38 bits per heavy atom. The van der Waals surface area contributed by atoms with Crippen LogP contribution >= 0.6 is 12.4 Å². The van der Waals surface area contributed by atoms with Crippen LogP contribution in [0.15, 0.2) is 0 Å². The van der Waals surface area contributed by atoms with Gasteiger partial charge in [0.15, 0.2) is 0 Å². The summed E-state index contributed by atoms with van der Waals surface area (Å²) in [5.74, 6) is 0. The Labute approximate surface area is 56.3 Å². The van der Waals surface area contributed by atoms with Crippen LogP contribution in [0.1, 0.15) is 13.8 Å². The number of hydrogen-bond acceptors (Lipinski definition) is 2. The number of nitrogens with zero attached hydrogens (tertiary/aromatic N) is 1. The first kappa shape index (κ1) is 10.7. The fraction of sp³-hybridized carbons (Fsp3) is 0.800. The van der Waals surface area contributed by atoms with Crippen LogP contribution in [-0.4, -0.2) is 12.6 Å². The molecule has 1 N–H and O–H groups in total. The molecule has 1 atom stereocenters. The van der Waals surface area contributed by atoms with E-state index in [-0.39, 0.29) is 18.4 Å². The van der Waals surface area contributed by atoms with Crippen LogP contribution in [0.25, 0.3) is 0 Å². The first-order valence-electron chi connectivity index (χ1n) is 2.44. The molecule has 0 fully saturated rings. The lowest BCUT2D eigenvalue weighted by Gasteiger charge is -1.97. The highest BCUT2D eigenvalue weighted by molar-refractivity contribution is 5.85. The summed E-state index contributed by atoms with van der Waals surface area (Å²) in [6.45, 7) is 4.69. The fourth-order valence-corrected chi connectivity index (χ4v) is 0.352. The average Bonchev–Trinajstić information content (AvgIpc) is 1.68. The molecule has 0 aromatic heterocycles. The summed E-state index contributed by atoms with van der Waals surface area (Å²) < 4.78 is 0. The topological polar surface area (TPSA) is 35.8 Å². The molecule has 0 bridgehead atoms. The highest BCUT2D eigenvalue weighted by Gasteiger charge is 1.90. The van der Waals surface area contributed by atoms with Gasteiger partial charge in [0.05, 0.1) is 12.1 Å². The van der Waals surface area contributed by atoms with Crippen molar-refractivity contribution in [1.29, 1.82) is 5.26 Å². The van der Waals surface area contributed by atoms with Gasteiger partial charge in [0.1, 0.15) is 0 Å². The van der Waals surface area contributed by atoms with Crippen LogP contribution in [0.4, 0.5) is 0 Å². The van der Waals surface area contributed by atoms with Crippen molar-refractivity contribution in [2.75, 3.05) is 6.54 Å². The average molecular weight is 135 g/mol. The zero-order valence-electron chi connectivity index (χ0n) is 5.14. The molecule has 0 aliphatic carbocycles. The minimum absolute atomic E-state index is 0. The van der Waals surface area contributed by atoms with E-state index in [4.69, 9.17) is 5.26 Å². The van der Waals surface area contributed by atoms with E-state index < -0.39 is 0 Å². The molecule has 0 heterocycles. The van der Waals surface area contributed by atoms with Gasteiger partial charge in [0.2, 0.25) is 0 Å². The second-order valence-corrected chi connectivity index (χ2v) is 1.41. The van der Waals surface area contributed by atoms with Gasteiger partial charge in [-0.3, -0.25) is 0 Å². The summed E-state index contributed by atoms with van der Waals surface area (Å²) >= 11 is 0. The standard InChI is InChI=1S/C5H10N2.ClH/c1-3-7-5(2)4-6;/h5,7H,3H2,1-2H3;1H. The first-order valence-corrected chi connectivity index (χ1v) is 2.44. The van der Waals surface area contributed by atoms with E-state index in [0.29, 0.717) is 0 Å². The molecule has 0 aromatic rings. The minimum atomic E-state index is 0. The highest BCUT2D eigenvalue weighted by atomic mass is 35.5. The van der Waals surface area contributed by atoms with Crippen LogP contribution in [0.3, 0.4) is 0 Å². The van der Waals surface area contributed by atoms with Gasteiger partial charge in [-0.05, 0) is 13.5 Å². The lowest BCUT2D eigenvalue weighted by atomic mass is 10.4. The number of halogens is 1. The van der Waals surface area contributed by atoms with Crippen molar-refractivity contribution in [3.63, 3.8) is 0 Å². The Morgan fingerprint density at radius 1 is 1.75 bits per heavy atom. The third-order valence-corrected chi connectivity index (χ3v) is 0.704. The molecule has 0 saturated carbocycles. The molecule has 48 valence electrons. The largest absolute Gasteiger partial charge is 0.302 e. The molecule has 0 aliphatic rings. The summed E-state index contributed by atoms with van der Waals surface area (Å²) in [6, 6.07) is 2.06. The van der Waals surface area contributed by atoms with Crippen LogP contribution in [-0.2, 0) is 0 Å². The second kappa shape index (κ2) is 6.74. The molecule has 2 nitrogen and oxygen atoms in total. The van der Waals surface area contributed by atoms with E-state index in [2.05, 4.69) is 11.4 Å². The quantitative estimate of drug-likeness (QED) is 0.610. The zero-order valence-corrected chi connectivity index (χ0v) is 5.96. The van der Waals surface area contributed by atoms with Gasteiger partial charge >= 0.3 is 0 Å². The summed E-state index contributed by atoms with van der Waals surface area (Å²) in [5.41, 5.74) is 0. The predicted molar refractivity (Wildman–Crippen MR) is 36.0 cm³/mol. The molecule has 0 rings (SSSR count). The van der Waals surface area contributed by atoms with Crippen molar-refractivity contribution in [2.45, 2.75) is 19.9 Å². The van der Waals surface area contributed by atoms with Crippen LogP contribution < -0.4 is 5.32 Å². The Bertz CT molecular complexity index is 77.0. The lowest BCUT2D eigenvalue weighted by molar-refractivity contribution is 0.670. The molecule has 8 heavy (non-hydrogen) atoms. The summed E-state index contributed by atoms with van der Waals surface area (Å²) in [7, 11) is 0. The van der Waals surface area contributed by atoms with E-state index in [1.807, 2.05) is 13.8 Å². The summed E-state index contributed by atoms with van der Waals surface area (Å²) in [4.78, 5) is 0. The monoisotopic (exact) mass is 134 g/mol. The van der Waals surface area contributed by atoms with Crippen molar-refractivity contribution in [3.8, 4) is 6.07 Å². The Morgan fingerprint density at radius 2 is 2.25 bits per heavy atom. The number of nitriles is 1. The zero-order chi connectivity index (χ0) is 5.70. The molecule has 0 aromatic carbocycles. The summed E-state index contributed by atoms with van der Waals surface area (Å²) in [5, 5.41) is 11.1. The van der Waals surface area contributed by atoms with E-state index in [9.17, 15) is 0 Å². The predicted octanol–water partition coefficient (Wildman–Crippen LogP) is 0.930. The van der Waals surface area contributed by atoms with E-state index in [0.717, 1.165) is 6.54 Å².